The van der Waals surface area contributed by atoms with Crippen LogP contribution in [0.3, 0.4) is 0 Å². The van der Waals surface area contributed by atoms with Gasteiger partial charge in [0, 0.05) is 32.3 Å². The third-order valence-electron chi connectivity index (χ3n) is 5.01. The first kappa shape index (κ1) is 21.3. The molecule has 1 atom stereocenters. The number of hydrogen-bond acceptors (Lipinski definition) is 5. The molecule has 1 aliphatic carbocycles. The smallest absolute Gasteiger partial charge is 0.257 e. The van der Waals surface area contributed by atoms with E-state index in [0.717, 1.165) is 5.56 Å². The molecule has 164 valence electrons. The molecule has 32 heavy (non-hydrogen) atoms. The van der Waals surface area contributed by atoms with Crippen LogP contribution in [0.2, 0.25) is 0 Å². The van der Waals surface area contributed by atoms with Crippen LogP contribution in [-0.4, -0.2) is 42.0 Å². The maximum atomic E-state index is 14.6. The molecule has 2 amide bonds. The summed E-state index contributed by atoms with van der Waals surface area (Å²) in [6.07, 6.45) is 4.57. The van der Waals surface area contributed by atoms with Gasteiger partial charge in [-0.3, -0.25) is 9.59 Å². The summed E-state index contributed by atoms with van der Waals surface area (Å²) in [7, 11) is 3.15. The zero-order valence-corrected chi connectivity index (χ0v) is 17.9. The minimum atomic E-state index is -1.48. The van der Waals surface area contributed by atoms with Gasteiger partial charge in [0.15, 0.2) is 0 Å². The minimum Gasteiger partial charge on any atom is -0.464 e. The summed E-state index contributed by atoms with van der Waals surface area (Å²) >= 11 is 0. The first-order valence-corrected chi connectivity index (χ1v) is 10.0. The number of likely N-dealkylation sites (N-methyl/N-ethyl adjacent to an activating group) is 1. The fourth-order valence-electron chi connectivity index (χ4n) is 3.31. The van der Waals surface area contributed by atoms with E-state index in [2.05, 4.69) is 10.3 Å². The highest BCUT2D eigenvalue weighted by Gasteiger charge is 2.27. The lowest BCUT2D eigenvalue weighted by Crippen LogP contribution is -2.29. The fraction of sp³-hybridized carbons (Fsp3) is 0.208. The summed E-state index contributed by atoms with van der Waals surface area (Å²) in [5.41, 5.74) is 1.82. The third-order valence-corrected chi connectivity index (χ3v) is 5.01. The van der Waals surface area contributed by atoms with Crippen LogP contribution in [0, 0.1) is 6.92 Å². The Morgan fingerprint density at radius 2 is 2.03 bits per heavy atom. The van der Waals surface area contributed by atoms with E-state index >= 15 is 0 Å². The van der Waals surface area contributed by atoms with Crippen LogP contribution < -0.4 is 10.1 Å². The number of hydrogen-bond donors (Lipinski definition) is 1. The molecule has 0 radical (unpaired) electrons. The highest BCUT2D eigenvalue weighted by atomic mass is 19.1. The standard InChI is InChI=1S/C24H22FN3O4/c1-14-4-7-22(26-13-14)27-23(29)15-10-20-18(8-9-31-20)21(11-15)32-16-5-6-17(19(25)12-16)24(30)28(2)3/h4-11,13,19H,12H2,1-3H3,(H,26,27,29). The Morgan fingerprint density at radius 1 is 1.22 bits per heavy atom. The van der Waals surface area contributed by atoms with Crippen molar-refractivity contribution in [3.05, 3.63) is 77.4 Å². The Hall–Kier alpha value is -3.94. The summed E-state index contributed by atoms with van der Waals surface area (Å²) in [5.74, 6) is 0.347. The minimum absolute atomic E-state index is 0.0783. The topological polar surface area (TPSA) is 84.7 Å². The Bertz CT molecular complexity index is 1240. The molecule has 7 nitrogen and oxygen atoms in total. The molecule has 3 aromatic rings. The molecular formula is C24H22FN3O4. The molecule has 2 heterocycles. The van der Waals surface area contributed by atoms with Gasteiger partial charge in [-0.25, -0.2) is 9.37 Å². The van der Waals surface area contributed by atoms with E-state index in [1.165, 1.54) is 17.2 Å². The second-order valence-corrected chi connectivity index (χ2v) is 7.71. The number of carbonyl (C=O) groups is 2. The second kappa shape index (κ2) is 8.66. The summed E-state index contributed by atoms with van der Waals surface area (Å²) in [4.78, 5) is 30.4. The van der Waals surface area contributed by atoms with Gasteiger partial charge < -0.3 is 19.4 Å². The Labute approximate surface area is 184 Å². The Morgan fingerprint density at radius 3 is 2.72 bits per heavy atom. The maximum absolute atomic E-state index is 14.6. The third kappa shape index (κ3) is 4.39. The van der Waals surface area contributed by atoms with Crippen LogP contribution in [-0.2, 0) is 4.79 Å². The number of nitrogens with one attached hydrogen (secondary N) is 1. The number of aromatic nitrogens is 1. The number of pyridine rings is 1. The average Bonchev–Trinajstić information content (AvgIpc) is 3.24. The molecular weight excluding hydrogens is 413 g/mol. The van der Waals surface area contributed by atoms with Crippen molar-refractivity contribution in [3.63, 3.8) is 0 Å². The van der Waals surface area contributed by atoms with Crippen LogP contribution in [0.4, 0.5) is 10.2 Å². The first-order valence-electron chi connectivity index (χ1n) is 10.0. The number of fused-ring (bicyclic) bond motifs is 1. The molecule has 4 rings (SSSR count). The highest BCUT2D eigenvalue weighted by molar-refractivity contribution is 6.06. The van der Waals surface area contributed by atoms with Crippen molar-refractivity contribution in [1.82, 2.24) is 9.88 Å². The van der Waals surface area contributed by atoms with Gasteiger partial charge in [0.2, 0.25) is 0 Å². The van der Waals surface area contributed by atoms with Crippen molar-refractivity contribution in [2.75, 3.05) is 19.4 Å². The SMILES string of the molecule is Cc1ccc(NC(=O)c2cc(OC3=CC=C(C(=O)N(C)C)C(F)C3)c3ccoc3c2)nc1. The predicted molar refractivity (Wildman–Crippen MR) is 118 cm³/mol. The van der Waals surface area contributed by atoms with Gasteiger partial charge in [0.25, 0.3) is 11.8 Å². The molecule has 1 aliphatic rings. The van der Waals surface area contributed by atoms with Crippen LogP contribution >= 0.6 is 0 Å². The van der Waals surface area contributed by atoms with Gasteiger partial charge in [0.05, 0.1) is 17.2 Å². The van der Waals surface area contributed by atoms with Crippen LogP contribution in [0.1, 0.15) is 22.3 Å². The molecule has 0 fully saturated rings. The van der Waals surface area contributed by atoms with Crippen LogP contribution in [0.25, 0.3) is 11.0 Å². The lowest BCUT2D eigenvalue weighted by Gasteiger charge is -2.21. The highest BCUT2D eigenvalue weighted by Crippen LogP contribution is 2.33. The van der Waals surface area contributed by atoms with Crippen molar-refractivity contribution in [2.24, 2.45) is 0 Å². The average molecular weight is 435 g/mol. The number of anilines is 1. The van der Waals surface area contributed by atoms with Crippen LogP contribution in [0.15, 0.2) is 70.7 Å². The zero-order chi connectivity index (χ0) is 22.8. The normalized spacial score (nSPS) is 15.7. The van der Waals surface area contributed by atoms with Crippen molar-refractivity contribution in [1.29, 1.82) is 0 Å². The van der Waals surface area contributed by atoms with E-state index in [-0.39, 0.29) is 23.8 Å². The molecule has 1 aromatic carbocycles. The molecule has 8 heteroatoms. The zero-order valence-electron chi connectivity index (χ0n) is 17.9. The van der Waals surface area contributed by atoms with E-state index in [9.17, 15) is 14.0 Å². The van der Waals surface area contributed by atoms with Crippen molar-refractivity contribution in [2.45, 2.75) is 19.5 Å². The lowest BCUT2D eigenvalue weighted by atomic mass is 10.0. The summed E-state index contributed by atoms with van der Waals surface area (Å²) < 4.78 is 26.0. The Balaban J connectivity index is 1.61. The first-order chi connectivity index (χ1) is 15.3. The summed E-state index contributed by atoms with van der Waals surface area (Å²) in [6.45, 7) is 1.91. The number of furan rings is 1. The molecule has 0 saturated heterocycles. The van der Waals surface area contributed by atoms with E-state index in [0.29, 0.717) is 33.9 Å². The van der Waals surface area contributed by atoms with Gasteiger partial charge in [-0.05, 0) is 48.9 Å². The number of ether oxygens (including phenoxy) is 1. The van der Waals surface area contributed by atoms with Gasteiger partial charge in [-0.2, -0.15) is 0 Å². The number of alkyl halides is 1. The van der Waals surface area contributed by atoms with E-state index in [1.807, 2.05) is 13.0 Å². The summed E-state index contributed by atoms with van der Waals surface area (Å²) in [5, 5.41) is 3.38. The van der Waals surface area contributed by atoms with Gasteiger partial charge >= 0.3 is 0 Å². The number of benzene rings is 1. The molecule has 2 aromatic heterocycles. The predicted octanol–water partition coefficient (Wildman–Crippen LogP) is 4.41. The number of halogens is 1. The van der Waals surface area contributed by atoms with Crippen molar-refractivity contribution >= 4 is 28.6 Å². The van der Waals surface area contributed by atoms with Crippen molar-refractivity contribution < 1.29 is 23.1 Å². The number of amides is 2. The molecule has 1 unspecified atom stereocenters. The molecule has 0 saturated carbocycles. The molecule has 0 spiro atoms. The van der Waals surface area contributed by atoms with Gasteiger partial charge in [-0.1, -0.05) is 6.07 Å². The lowest BCUT2D eigenvalue weighted by molar-refractivity contribution is -0.125. The quantitative estimate of drug-likeness (QED) is 0.642. The number of allylic oxidation sites excluding steroid dienone is 3. The molecule has 1 N–H and O–H groups in total. The number of rotatable bonds is 5. The van der Waals surface area contributed by atoms with Gasteiger partial charge in [0.1, 0.15) is 29.1 Å². The van der Waals surface area contributed by atoms with E-state index in [1.54, 1.807) is 50.6 Å². The molecule has 0 aliphatic heterocycles. The number of aryl methyl sites for hydroxylation is 1. The second-order valence-electron chi connectivity index (χ2n) is 7.71. The summed E-state index contributed by atoms with van der Waals surface area (Å²) in [6, 6.07) is 8.44. The maximum Gasteiger partial charge on any atom is 0.257 e. The monoisotopic (exact) mass is 435 g/mol. The fourth-order valence-corrected chi connectivity index (χ4v) is 3.31. The molecule has 0 bridgehead atoms. The number of nitrogens with zero attached hydrogens (tertiary/aromatic N) is 2. The van der Waals surface area contributed by atoms with E-state index in [4.69, 9.17) is 9.15 Å². The van der Waals surface area contributed by atoms with Crippen molar-refractivity contribution in [3.8, 4) is 5.75 Å². The Kier molecular flexibility index (Phi) is 5.77. The van der Waals surface area contributed by atoms with Crippen LogP contribution in [0.5, 0.6) is 5.75 Å². The number of carbonyl (C=O) groups excluding carboxylic acids is 2. The van der Waals surface area contributed by atoms with E-state index < -0.39 is 6.17 Å². The largest absolute Gasteiger partial charge is 0.464 e. The van der Waals surface area contributed by atoms with Gasteiger partial charge in [-0.15, -0.1) is 0 Å².